The maximum absolute atomic E-state index is 12.9. The van der Waals surface area contributed by atoms with Crippen molar-refractivity contribution in [2.24, 2.45) is 7.05 Å². The molecular weight excluding hydrogens is 343 g/mol. The summed E-state index contributed by atoms with van der Waals surface area (Å²) in [6, 6.07) is 14.0. The van der Waals surface area contributed by atoms with Gasteiger partial charge in [-0.25, -0.2) is 12.8 Å². The van der Waals surface area contributed by atoms with Gasteiger partial charge in [0.2, 0.25) is 0 Å². The molecular formula is C18H17FN2O3S. The van der Waals surface area contributed by atoms with Crippen LogP contribution in [0.1, 0.15) is 10.5 Å². The molecule has 25 heavy (non-hydrogen) atoms. The molecule has 0 fully saturated rings. The van der Waals surface area contributed by atoms with Crippen molar-refractivity contribution in [1.29, 1.82) is 0 Å². The molecule has 0 unspecified atom stereocenters. The zero-order chi connectivity index (χ0) is 18.0. The molecule has 0 saturated carbocycles. The molecule has 7 heteroatoms. The van der Waals surface area contributed by atoms with Crippen molar-refractivity contribution < 1.29 is 17.6 Å². The van der Waals surface area contributed by atoms with E-state index in [1.807, 2.05) is 24.3 Å². The number of aromatic nitrogens is 1. The van der Waals surface area contributed by atoms with Crippen LogP contribution in [-0.2, 0) is 16.9 Å². The lowest BCUT2D eigenvalue weighted by Gasteiger charge is -2.08. The summed E-state index contributed by atoms with van der Waals surface area (Å²) in [6.45, 7) is -0.0277. The van der Waals surface area contributed by atoms with E-state index in [0.29, 0.717) is 5.69 Å². The molecule has 0 aliphatic carbocycles. The molecule has 0 aliphatic heterocycles. The highest BCUT2D eigenvalue weighted by Gasteiger charge is 2.17. The molecule has 1 heterocycles. The standard InChI is InChI=1S/C18H17FN2O3S/c1-21-16-5-3-2-4-13(16)12-17(21)18(22)20-10-11-25(23,24)15-8-6-14(19)7-9-15/h2-9,12H,10-11H2,1H3,(H,20,22). The number of halogens is 1. The van der Waals surface area contributed by atoms with Crippen LogP contribution in [0.4, 0.5) is 4.39 Å². The van der Waals surface area contributed by atoms with Gasteiger partial charge in [0, 0.05) is 24.5 Å². The summed E-state index contributed by atoms with van der Waals surface area (Å²) in [4.78, 5) is 12.4. The third-order valence-corrected chi connectivity index (χ3v) is 5.75. The van der Waals surface area contributed by atoms with E-state index in [4.69, 9.17) is 0 Å². The Hall–Kier alpha value is -2.67. The summed E-state index contributed by atoms with van der Waals surface area (Å²) < 4.78 is 39.0. The van der Waals surface area contributed by atoms with E-state index in [0.717, 1.165) is 23.0 Å². The third kappa shape index (κ3) is 3.56. The number of hydrogen-bond donors (Lipinski definition) is 1. The predicted molar refractivity (Wildman–Crippen MR) is 93.7 cm³/mol. The number of sulfone groups is 1. The zero-order valence-corrected chi connectivity index (χ0v) is 14.4. The van der Waals surface area contributed by atoms with Crippen LogP contribution in [-0.4, -0.2) is 31.2 Å². The van der Waals surface area contributed by atoms with Crippen LogP contribution in [0.25, 0.3) is 10.9 Å². The average molecular weight is 360 g/mol. The number of carbonyl (C=O) groups is 1. The monoisotopic (exact) mass is 360 g/mol. The lowest BCUT2D eigenvalue weighted by Crippen LogP contribution is -2.30. The molecule has 1 amide bonds. The largest absolute Gasteiger partial charge is 0.350 e. The minimum Gasteiger partial charge on any atom is -0.350 e. The Morgan fingerprint density at radius 2 is 1.80 bits per heavy atom. The average Bonchev–Trinajstić information content (AvgIpc) is 2.92. The van der Waals surface area contributed by atoms with Gasteiger partial charge in [0.05, 0.1) is 10.6 Å². The highest BCUT2D eigenvalue weighted by Crippen LogP contribution is 2.18. The molecule has 0 bridgehead atoms. The second-order valence-corrected chi connectivity index (χ2v) is 7.79. The summed E-state index contributed by atoms with van der Waals surface area (Å²) in [5.74, 6) is -1.09. The topological polar surface area (TPSA) is 68.2 Å². The molecule has 1 aromatic heterocycles. The van der Waals surface area contributed by atoms with E-state index in [1.54, 1.807) is 17.7 Å². The van der Waals surface area contributed by atoms with Gasteiger partial charge in [-0.3, -0.25) is 4.79 Å². The number of fused-ring (bicyclic) bond motifs is 1. The summed E-state index contributed by atoms with van der Waals surface area (Å²) in [5.41, 5.74) is 1.38. The molecule has 0 aliphatic rings. The molecule has 3 rings (SSSR count). The summed E-state index contributed by atoms with van der Waals surface area (Å²) in [5, 5.41) is 3.56. The Bertz CT molecular complexity index is 1020. The van der Waals surface area contributed by atoms with E-state index in [2.05, 4.69) is 5.32 Å². The molecule has 3 aromatic rings. The zero-order valence-electron chi connectivity index (χ0n) is 13.6. The van der Waals surface area contributed by atoms with Gasteiger partial charge in [-0.1, -0.05) is 18.2 Å². The molecule has 2 aromatic carbocycles. The van der Waals surface area contributed by atoms with Gasteiger partial charge in [-0.2, -0.15) is 0 Å². The number of hydrogen-bond acceptors (Lipinski definition) is 3. The van der Waals surface area contributed by atoms with Crippen LogP contribution in [0, 0.1) is 5.82 Å². The highest BCUT2D eigenvalue weighted by molar-refractivity contribution is 7.91. The first-order valence-corrected chi connectivity index (χ1v) is 9.35. The fourth-order valence-corrected chi connectivity index (χ4v) is 3.81. The fraction of sp³-hybridized carbons (Fsp3) is 0.167. The van der Waals surface area contributed by atoms with Crippen molar-refractivity contribution in [2.45, 2.75) is 4.90 Å². The van der Waals surface area contributed by atoms with Crippen molar-refractivity contribution in [3.05, 3.63) is 66.1 Å². The summed E-state index contributed by atoms with van der Waals surface area (Å²) >= 11 is 0. The summed E-state index contributed by atoms with van der Waals surface area (Å²) in [6.07, 6.45) is 0. The Balaban J connectivity index is 1.67. The van der Waals surface area contributed by atoms with Crippen LogP contribution >= 0.6 is 0 Å². The molecule has 0 saturated heterocycles. The first kappa shape index (κ1) is 17.2. The molecule has 130 valence electrons. The van der Waals surface area contributed by atoms with Gasteiger partial charge in [0.25, 0.3) is 5.91 Å². The lowest BCUT2D eigenvalue weighted by molar-refractivity contribution is 0.0948. The van der Waals surface area contributed by atoms with Crippen molar-refractivity contribution in [2.75, 3.05) is 12.3 Å². The number of nitrogens with zero attached hydrogens (tertiary/aromatic N) is 1. The van der Waals surface area contributed by atoms with Crippen LogP contribution in [0.5, 0.6) is 0 Å². The van der Waals surface area contributed by atoms with Gasteiger partial charge in [0.1, 0.15) is 11.5 Å². The second kappa shape index (κ2) is 6.68. The Labute approximate surface area is 145 Å². The Morgan fingerprint density at radius 3 is 2.48 bits per heavy atom. The van der Waals surface area contributed by atoms with E-state index in [9.17, 15) is 17.6 Å². The van der Waals surface area contributed by atoms with E-state index >= 15 is 0 Å². The van der Waals surface area contributed by atoms with E-state index in [1.165, 1.54) is 12.1 Å². The van der Waals surface area contributed by atoms with Crippen LogP contribution in [0.2, 0.25) is 0 Å². The van der Waals surface area contributed by atoms with Gasteiger partial charge in [0.15, 0.2) is 9.84 Å². The lowest BCUT2D eigenvalue weighted by atomic mass is 10.2. The Morgan fingerprint density at radius 1 is 1.12 bits per heavy atom. The number of aryl methyl sites for hydroxylation is 1. The first-order valence-electron chi connectivity index (χ1n) is 7.69. The number of nitrogens with one attached hydrogen (secondary N) is 1. The maximum atomic E-state index is 12.9. The van der Waals surface area contributed by atoms with E-state index < -0.39 is 15.7 Å². The van der Waals surface area contributed by atoms with Crippen molar-refractivity contribution >= 4 is 26.6 Å². The number of benzene rings is 2. The number of rotatable bonds is 5. The number of para-hydroxylation sites is 1. The van der Waals surface area contributed by atoms with Crippen molar-refractivity contribution in [1.82, 2.24) is 9.88 Å². The molecule has 1 N–H and O–H groups in total. The second-order valence-electron chi connectivity index (χ2n) is 5.68. The smallest absolute Gasteiger partial charge is 0.267 e. The number of carbonyl (C=O) groups excluding carboxylic acids is 1. The molecule has 0 atom stereocenters. The number of amides is 1. The Kier molecular flexibility index (Phi) is 4.59. The normalized spacial score (nSPS) is 11.6. The fourth-order valence-electron chi connectivity index (χ4n) is 2.66. The SMILES string of the molecule is Cn1c(C(=O)NCCS(=O)(=O)c2ccc(F)cc2)cc2ccccc21. The van der Waals surface area contributed by atoms with Gasteiger partial charge >= 0.3 is 0 Å². The minimum atomic E-state index is -3.58. The third-order valence-electron chi connectivity index (χ3n) is 4.01. The first-order chi connectivity index (χ1) is 11.9. The van der Waals surface area contributed by atoms with E-state index in [-0.39, 0.29) is 23.1 Å². The van der Waals surface area contributed by atoms with Crippen molar-refractivity contribution in [3.63, 3.8) is 0 Å². The van der Waals surface area contributed by atoms with Gasteiger partial charge in [-0.05, 0) is 36.4 Å². The van der Waals surface area contributed by atoms with Crippen LogP contribution in [0.15, 0.2) is 59.5 Å². The minimum absolute atomic E-state index is 0.0277. The quantitative estimate of drug-likeness (QED) is 0.711. The predicted octanol–water partition coefficient (Wildman–Crippen LogP) is 2.52. The van der Waals surface area contributed by atoms with Crippen LogP contribution in [0.3, 0.4) is 0 Å². The summed E-state index contributed by atoms with van der Waals surface area (Å²) in [7, 11) is -1.79. The highest BCUT2D eigenvalue weighted by atomic mass is 32.2. The van der Waals surface area contributed by atoms with Crippen molar-refractivity contribution in [3.8, 4) is 0 Å². The van der Waals surface area contributed by atoms with Crippen LogP contribution < -0.4 is 5.32 Å². The maximum Gasteiger partial charge on any atom is 0.267 e. The van der Waals surface area contributed by atoms with Gasteiger partial charge in [-0.15, -0.1) is 0 Å². The van der Waals surface area contributed by atoms with Gasteiger partial charge < -0.3 is 9.88 Å². The molecule has 0 spiro atoms. The molecule has 0 radical (unpaired) electrons. The molecule has 5 nitrogen and oxygen atoms in total.